The van der Waals surface area contributed by atoms with Gasteiger partial charge in [-0.2, -0.15) is 5.26 Å². The third-order valence-corrected chi connectivity index (χ3v) is 7.46. The molecule has 2 N–H and O–H groups in total. The highest BCUT2D eigenvalue weighted by Crippen LogP contribution is 2.31. The van der Waals surface area contributed by atoms with Gasteiger partial charge in [-0.1, -0.05) is 42.5 Å². The molecule has 0 aliphatic rings. The molecule has 4 aromatic carbocycles. The van der Waals surface area contributed by atoms with Crippen LogP contribution in [0.3, 0.4) is 0 Å². The van der Waals surface area contributed by atoms with Crippen LogP contribution in [-0.2, 0) is 6.54 Å². The zero-order chi connectivity index (χ0) is 29.2. The van der Waals surface area contributed by atoms with Crippen molar-refractivity contribution in [1.82, 2.24) is 14.9 Å². The van der Waals surface area contributed by atoms with E-state index in [4.69, 9.17) is 0 Å². The first-order valence-electron chi connectivity index (χ1n) is 13.5. The monoisotopic (exact) mass is 550 g/mol. The minimum atomic E-state index is -0.999. The summed E-state index contributed by atoms with van der Waals surface area (Å²) in [5, 5.41) is 23.7. The van der Waals surface area contributed by atoms with Gasteiger partial charge in [0.25, 0.3) is 5.91 Å². The van der Waals surface area contributed by atoms with Gasteiger partial charge in [0.05, 0.1) is 39.8 Å². The topological polar surface area (TPSA) is 108 Å². The van der Waals surface area contributed by atoms with Gasteiger partial charge >= 0.3 is 5.97 Å². The van der Waals surface area contributed by atoms with Crippen molar-refractivity contribution in [1.29, 1.82) is 5.26 Å². The van der Waals surface area contributed by atoms with Crippen LogP contribution >= 0.6 is 0 Å². The van der Waals surface area contributed by atoms with Gasteiger partial charge in [0.2, 0.25) is 0 Å². The molecule has 0 radical (unpaired) electrons. The molecular weight excluding hydrogens is 524 g/mol. The number of carboxylic acid groups (broad SMARTS) is 1. The molecule has 0 aliphatic heterocycles. The van der Waals surface area contributed by atoms with E-state index < -0.39 is 5.97 Å². The number of amides is 1. The maximum Gasteiger partial charge on any atom is 0.335 e. The van der Waals surface area contributed by atoms with E-state index in [0.717, 1.165) is 44.1 Å². The number of hydrogen-bond donors (Lipinski definition) is 2. The SMILES string of the molecule is C[C@H](NC(=O)c1cc(-c2cccc(C#N)c2)cc2ccn(Cc3ccc4cccnc4c3)c12)c1ccc(C(=O)O)cc1. The number of aromatic carboxylic acids is 1. The molecule has 0 unspecified atom stereocenters. The summed E-state index contributed by atoms with van der Waals surface area (Å²) in [7, 11) is 0. The summed E-state index contributed by atoms with van der Waals surface area (Å²) < 4.78 is 2.07. The second-order valence-corrected chi connectivity index (χ2v) is 10.3. The lowest BCUT2D eigenvalue weighted by Gasteiger charge is -2.17. The van der Waals surface area contributed by atoms with E-state index in [1.165, 1.54) is 12.1 Å². The van der Waals surface area contributed by atoms with Gasteiger partial charge in [-0.3, -0.25) is 9.78 Å². The van der Waals surface area contributed by atoms with Crippen LogP contribution < -0.4 is 5.32 Å². The first-order chi connectivity index (χ1) is 20.4. The Kier molecular flexibility index (Phi) is 6.95. The van der Waals surface area contributed by atoms with Gasteiger partial charge in [0.1, 0.15) is 0 Å². The third-order valence-electron chi connectivity index (χ3n) is 7.46. The summed E-state index contributed by atoms with van der Waals surface area (Å²) in [5.41, 5.74) is 6.46. The maximum atomic E-state index is 13.9. The fraction of sp³-hybridized carbons (Fsp3) is 0.0857. The molecule has 0 aliphatic carbocycles. The molecule has 6 rings (SSSR count). The van der Waals surface area contributed by atoms with Crippen LogP contribution in [0.25, 0.3) is 32.9 Å². The molecule has 0 spiro atoms. The standard InChI is InChI=1S/C35H26N4O3/c1-22(25-9-11-27(12-10-25)35(41)42)38-34(40)31-19-30(28-5-2-4-23(16-28)20-36)18-29-13-15-39(33(29)31)21-24-7-8-26-6-3-14-37-32(26)17-24/h2-19,22H,21H2,1H3,(H,38,40)(H,41,42)/t22-/m0/s1. The van der Waals surface area contributed by atoms with Gasteiger partial charge in [-0.05, 0) is 83.8 Å². The van der Waals surface area contributed by atoms with Crippen molar-refractivity contribution in [2.75, 3.05) is 0 Å². The highest BCUT2D eigenvalue weighted by molar-refractivity contribution is 6.08. The first-order valence-corrected chi connectivity index (χ1v) is 13.5. The molecule has 1 amide bonds. The van der Waals surface area contributed by atoms with E-state index in [9.17, 15) is 20.0 Å². The van der Waals surface area contributed by atoms with Crippen LogP contribution in [0.5, 0.6) is 0 Å². The summed E-state index contributed by atoms with van der Waals surface area (Å²) in [5.74, 6) is -1.26. The maximum absolute atomic E-state index is 13.9. The normalized spacial score (nSPS) is 11.7. The van der Waals surface area contributed by atoms with Crippen molar-refractivity contribution in [3.8, 4) is 17.2 Å². The van der Waals surface area contributed by atoms with Gasteiger partial charge in [-0.15, -0.1) is 0 Å². The number of carbonyl (C=O) groups excluding carboxylic acids is 1. The van der Waals surface area contributed by atoms with Crippen molar-refractivity contribution in [3.63, 3.8) is 0 Å². The molecule has 0 saturated carbocycles. The van der Waals surface area contributed by atoms with Crippen LogP contribution in [0, 0.1) is 11.3 Å². The number of carboxylic acids is 1. The van der Waals surface area contributed by atoms with Gasteiger partial charge in [0, 0.05) is 29.7 Å². The Hall–Kier alpha value is -5.74. The molecule has 204 valence electrons. The quantitative estimate of drug-likeness (QED) is 0.223. The molecule has 7 heteroatoms. The molecule has 0 fully saturated rings. The summed E-state index contributed by atoms with van der Waals surface area (Å²) in [6, 6.07) is 31.7. The minimum Gasteiger partial charge on any atom is -0.478 e. The number of rotatable bonds is 7. The van der Waals surface area contributed by atoms with Crippen LogP contribution in [0.15, 0.2) is 109 Å². The number of carbonyl (C=O) groups is 2. The first kappa shape index (κ1) is 26.5. The lowest BCUT2D eigenvalue weighted by molar-refractivity contribution is 0.0696. The van der Waals surface area contributed by atoms with E-state index in [1.807, 2.05) is 61.7 Å². The Morgan fingerprint density at radius 2 is 1.76 bits per heavy atom. The average Bonchev–Trinajstić information content (AvgIpc) is 3.42. The molecular formula is C35H26N4O3. The van der Waals surface area contributed by atoms with Crippen LogP contribution in [0.1, 0.15) is 50.4 Å². The summed E-state index contributed by atoms with van der Waals surface area (Å²) >= 11 is 0. The predicted molar refractivity (Wildman–Crippen MR) is 162 cm³/mol. The highest BCUT2D eigenvalue weighted by Gasteiger charge is 2.19. The number of fused-ring (bicyclic) bond motifs is 2. The Bertz CT molecular complexity index is 2020. The zero-order valence-corrected chi connectivity index (χ0v) is 22.8. The largest absolute Gasteiger partial charge is 0.478 e. The lowest BCUT2D eigenvalue weighted by atomic mass is 9.98. The molecule has 1 atom stereocenters. The van der Waals surface area contributed by atoms with Gasteiger partial charge in [0.15, 0.2) is 0 Å². The molecule has 42 heavy (non-hydrogen) atoms. The number of nitrogens with zero attached hydrogens (tertiary/aromatic N) is 3. The fourth-order valence-corrected chi connectivity index (χ4v) is 5.27. The highest BCUT2D eigenvalue weighted by atomic mass is 16.4. The van der Waals surface area contributed by atoms with E-state index >= 15 is 0 Å². The second kappa shape index (κ2) is 11.0. The van der Waals surface area contributed by atoms with Gasteiger partial charge in [-0.25, -0.2) is 4.79 Å². The molecule has 2 heterocycles. The predicted octanol–water partition coefficient (Wildman–Crippen LogP) is 6.97. The molecule has 2 aromatic heterocycles. The molecule has 6 aromatic rings. The fourth-order valence-electron chi connectivity index (χ4n) is 5.27. The Labute approximate surface area is 242 Å². The number of benzene rings is 4. The Balaban J connectivity index is 1.41. The summed E-state index contributed by atoms with van der Waals surface area (Å²) in [4.78, 5) is 29.7. The lowest BCUT2D eigenvalue weighted by Crippen LogP contribution is -2.27. The number of nitrogens with one attached hydrogen (secondary N) is 1. The van der Waals surface area contributed by atoms with Gasteiger partial charge < -0.3 is 15.0 Å². The zero-order valence-electron chi connectivity index (χ0n) is 22.8. The van der Waals surface area contributed by atoms with Crippen molar-refractivity contribution in [3.05, 3.63) is 137 Å². The minimum absolute atomic E-state index is 0.188. The van der Waals surface area contributed by atoms with Crippen LogP contribution in [-0.4, -0.2) is 26.5 Å². The van der Waals surface area contributed by atoms with Crippen molar-refractivity contribution < 1.29 is 14.7 Å². The van der Waals surface area contributed by atoms with E-state index in [0.29, 0.717) is 17.7 Å². The van der Waals surface area contributed by atoms with Crippen molar-refractivity contribution in [2.45, 2.75) is 19.5 Å². The number of hydrogen-bond acceptors (Lipinski definition) is 4. The van der Waals surface area contributed by atoms with E-state index in [2.05, 4.69) is 39.1 Å². The third kappa shape index (κ3) is 5.21. The van der Waals surface area contributed by atoms with Crippen LogP contribution in [0.4, 0.5) is 0 Å². The number of pyridine rings is 1. The average molecular weight is 551 g/mol. The number of nitriles is 1. The molecule has 7 nitrogen and oxygen atoms in total. The summed E-state index contributed by atoms with van der Waals surface area (Å²) in [6.07, 6.45) is 3.76. The Morgan fingerprint density at radius 1 is 0.929 bits per heavy atom. The van der Waals surface area contributed by atoms with E-state index in [-0.39, 0.29) is 17.5 Å². The summed E-state index contributed by atoms with van der Waals surface area (Å²) in [6.45, 7) is 2.41. The number of aromatic nitrogens is 2. The van der Waals surface area contributed by atoms with Crippen molar-refractivity contribution in [2.24, 2.45) is 0 Å². The second-order valence-electron chi connectivity index (χ2n) is 10.3. The van der Waals surface area contributed by atoms with Crippen molar-refractivity contribution >= 4 is 33.7 Å². The molecule has 0 bridgehead atoms. The smallest absolute Gasteiger partial charge is 0.335 e. The van der Waals surface area contributed by atoms with Crippen LogP contribution in [0.2, 0.25) is 0 Å². The van der Waals surface area contributed by atoms with E-state index in [1.54, 1.807) is 24.4 Å². The molecule has 0 saturated heterocycles. The Morgan fingerprint density at radius 3 is 2.55 bits per heavy atom.